The van der Waals surface area contributed by atoms with Crippen molar-refractivity contribution in [1.29, 1.82) is 0 Å². The van der Waals surface area contributed by atoms with Gasteiger partial charge in [0.25, 0.3) is 0 Å². The Balaban J connectivity index is 1.34. The molecule has 1 unspecified atom stereocenters. The first-order chi connectivity index (χ1) is 34.5. The highest BCUT2D eigenvalue weighted by Crippen LogP contribution is 2.49. The Hall–Kier alpha value is -4.00. The SMILES string of the molecule is C=C1C[C@H](C[C@@H]2CC(=C)C[C@H](/C=C/C(C)(C)[C@]3(OC)O[C@H](C[C@@H](O[Si](C)(C)C(C)(C)C)[C@@H](C)OCOCc4ccccc4)CC(=CC(=O)O)[C@@H]3OC(C)=O)O2)O[C@H](CC(CCO)OCc2ccc(OC)cc2)C1. The summed E-state index contributed by atoms with van der Waals surface area (Å²) in [6.07, 6.45) is 6.07. The number of hydrogen-bond acceptors (Lipinski definition) is 13. The molecule has 0 aliphatic carbocycles. The molecule has 0 spiro atoms. The molecule has 14 nitrogen and oxygen atoms in total. The second-order valence-corrected chi connectivity index (χ2v) is 26.9. The lowest BCUT2D eigenvalue weighted by Crippen LogP contribution is -2.63. The average Bonchev–Trinajstić information content (AvgIpc) is 3.31. The van der Waals surface area contributed by atoms with E-state index in [1.807, 2.05) is 87.5 Å². The van der Waals surface area contributed by atoms with Crippen LogP contribution in [0.2, 0.25) is 18.1 Å². The maximum absolute atomic E-state index is 12.9. The third-order valence-electron chi connectivity index (χ3n) is 14.7. The summed E-state index contributed by atoms with van der Waals surface area (Å²) >= 11 is 0. The van der Waals surface area contributed by atoms with Crippen molar-refractivity contribution >= 4 is 20.3 Å². The predicted octanol–water partition coefficient (Wildman–Crippen LogP) is 11.0. The highest BCUT2D eigenvalue weighted by molar-refractivity contribution is 6.74. The lowest BCUT2D eigenvalue weighted by molar-refractivity contribution is -0.338. The third kappa shape index (κ3) is 17.5. The minimum atomic E-state index is -2.41. The number of aliphatic hydroxyl groups is 1. The van der Waals surface area contributed by atoms with Crippen LogP contribution in [-0.2, 0) is 65.1 Å². The van der Waals surface area contributed by atoms with Gasteiger partial charge in [-0.2, -0.15) is 0 Å². The molecule has 406 valence electrons. The summed E-state index contributed by atoms with van der Waals surface area (Å²) in [6, 6.07) is 17.6. The summed E-state index contributed by atoms with van der Waals surface area (Å²) in [5, 5.41) is 20.0. The number of esters is 1. The Bertz CT molecular complexity index is 2150. The van der Waals surface area contributed by atoms with Crippen molar-refractivity contribution in [3.63, 3.8) is 0 Å². The first-order valence-electron chi connectivity index (χ1n) is 25.9. The summed E-state index contributed by atoms with van der Waals surface area (Å²) < 4.78 is 64.0. The zero-order valence-corrected chi connectivity index (χ0v) is 46.5. The van der Waals surface area contributed by atoms with Crippen molar-refractivity contribution in [2.24, 2.45) is 5.41 Å². The van der Waals surface area contributed by atoms with E-state index in [-0.39, 0.29) is 55.4 Å². The van der Waals surface area contributed by atoms with E-state index < -0.39 is 55.9 Å². The molecule has 0 radical (unpaired) electrons. The van der Waals surface area contributed by atoms with E-state index in [2.05, 4.69) is 47.0 Å². The summed E-state index contributed by atoms with van der Waals surface area (Å²) in [7, 11) is 0.717. The van der Waals surface area contributed by atoms with Gasteiger partial charge >= 0.3 is 11.9 Å². The van der Waals surface area contributed by atoms with E-state index in [4.69, 9.17) is 47.1 Å². The fraction of sp³-hybridized carbons (Fsp3) is 0.621. The molecule has 3 heterocycles. The molecule has 5 rings (SSSR count). The molecule has 2 aromatic rings. The maximum atomic E-state index is 12.9. The number of methoxy groups -OCH3 is 2. The van der Waals surface area contributed by atoms with Crippen LogP contribution in [0.1, 0.15) is 117 Å². The topological polar surface area (TPSA) is 167 Å². The first kappa shape index (κ1) is 59.9. The molecule has 10 atom stereocenters. The molecule has 2 N–H and O–H groups in total. The maximum Gasteiger partial charge on any atom is 0.328 e. The number of aliphatic hydroxyl groups excluding tert-OH is 1. The van der Waals surface area contributed by atoms with Gasteiger partial charge in [0.05, 0.1) is 69.2 Å². The zero-order valence-electron chi connectivity index (χ0n) is 45.5. The number of carbonyl (C=O) groups is 2. The Morgan fingerprint density at radius 1 is 0.849 bits per heavy atom. The van der Waals surface area contributed by atoms with Gasteiger partial charge in [0.2, 0.25) is 5.79 Å². The molecule has 3 aliphatic heterocycles. The molecule has 15 heteroatoms. The summed E-state index contributed by atoms with van der Waals surface area (Å²) in [6.45, 7) is 27.6. The Morgan fingerprint density at radius 3 is 2.11 bits per heavy atom. The highest BCUT2D eigenvalue weighted by Gasteiger charge is 2.59. The van der Waals surface area contributed by atoms with Gasteiger partial charge in [-0.25, -0.2) is 4.79 Å². The van der Waals surface area contributed by atoms with Crippen molar-refractivity contribution in [2.75, 3.05) is 27.6 Å². The standard InChI is InChI=1S/C58H86O14Si/c1-39-27-48(69-50(28-39)34-51-30-40(2)29-49(70-51)33-47(24-26-59)66-37-44-19-21-46(63-10)22-20-44)23-25-57(8,9)58(64-11)55(68-42(4)60)45(32-54(61)62)31-52(71-58)35-53(72-73(12,13)56(5,6)7)41(3)67-38-65-36-43-17-15-14-16-18-43/h14-23,25,32,41,47-53,55,59H,1-2,24,26-31,33-38H2,3-13H3,(H,61,62)/b25-23+,45-32?/t41-,47?,48+,49+,50+,51-,52+,53-,55+,58-/m1/s1. The molecule has 0 amide bonds. The summed E-state index contributed by atoms with van der Waals surface area (Å²) in [5.74, 6) is -2.73. The van der Waals surface area contributed by atoms with Crippen LogP contribution in [0.3, 0.4) is 0 Å². The molecule has 0 bridgehead atoms. The number of rotatable bonds is 26. The van der Waals surface area contributed by atoms with E-state index in [9.17, 15) is 19.8 Å². The van der Waals surface area contributed by atoms with Gasteiger partial charge in [-0.3, -0.25) is 4.79 Å². The van der Waals surface area contributed by atoms with Gasteiger partial charge in [-0.15, -0.1) is 0 Å². The minimum absolute atomic E-state index is 0.00484. The Labute approximate surface area is 436 Å². The van der Waals surface area contributed by atoms with Crippen LogP contribution >= 0.6 is 0 Å². The van der Waals surface area contributed by atoms with Gasteiger partial charge in [-0.05, 0) is 92.4 Å². The molecular weight excluding hydrogens is 949 g/mol. The minimum Gasteiger partial charge on any atom is -0.497 e. The van der Waals surface area contributed by atoms with E-state index in [1.54, 1.807) is 7.11 Å². The van der Waals surface area contributed by atoms with E-state index in [0.29, 0.717) is 70.2 Å². The molecular formula is C58H86O14Si. The van der Waals surface area contributed by atoms with E-state index in [1.165, 1.54) is 14.0 Å². The number of aliphatic carboxylic acids is 1. The molecule has 0 saturated carbocycles. The largest absolute Gasteiger partial charge is 0.497 e. The molecule has 3 saturated heterocycles. The Morgan fingerprint density at radius 2 is 1.49 bits per heavy atom. The van der Waals surface area contributed by atoms with Crippen molar-refractivity contribution in [2.45, 2.75) is 198 Å². The molecule has 3 aliphatic rings. The van der Waals surface area contributed by atoms with Crippen LogP contribution in [-0.4, -0.2) is 119 Å². The van der Waals surface area contributed by atoms with Crippen LogP contribution in [0.5, 0.6) is 5.75 Å². The van der Waals surface area contributed by atoms with Gasteiger partial charge in [0.1, 0.15) is 12.5 Å². The molecule has 73 heavy (non-hydrogen) atoms. The molecule has 0 aromatic heterocycles. The van der Waals surface area contributed by atoms with Gasteiger partial charge in [-0.1, -0.05) is 114 Å². The van der Waals surface area contributed by atoms with Crippen molar-refractivity contribution < 1.29 is 66.9 Å². The summed E-state index contributed by atoms with van der Waals surface area (Å²) in [5.41, 5.74) is 3.47. The quantitative estimate of drug-likeness (QED) is 0.0228. The zero-order chi connectivity index (χ0) is 53.6. The van der Waals surface area contributed by atoms with E-state index in [0.717, 1.165) is 34.1 Å². The highest BCUT2D eigenvalue weighted by atomic mass is 28.4. The lowest BCUT2D eigenvalue weighted by Gasteiger charge is -2.53. The number of carbonyl (C=O) groups excluding carboxylic acids is 1. The fourth-order valence-corrected chi connectivity index (χ4v) is 11.2. The van der Waals surface area contributed by atoms with Crippen LogP contribution < -0.4 is 4.74 Å². The molecule has 2 aromatic carbocycles. The van der Waals surface area contributed by atoms with Crippen molar-refractivity contribution in [1.82, 2.24) is 0 Å². The van der Waals surface area contributed by atoms with E-state index >= 15 is 0 Å². The van der Waals surface area contributed by atoms with Crippen molar-refractivity contribution in [3.05, 3.63) is 114 Å². The second kappa shape index (κ2) is 27.2. The lowest BCUT2D eigenvalue weighted by atomic mass is 9.73. The number of benzene rings is 2. The summed E-state index contributed by atoms with van der Waals surface area (Å²) in [4.78, 5) is 25.5. The number of carboxylic acid groups (broad SMARTS) is 1. The van der Waals surface area contributed by atoms with Crippen molar-refractivity contribution in [3.8, 4) is 5.75 Å². The number of carboxylic acids is 1. The smallest absolute Gasteiger partial charge is 0.328 e. The molecule has 3 fully saturated rings. The monoisotopic (exact) mass is 1030 g/mol. The second-order valence-electron chi connectivity index (χ2n) is 22.2. The van der Waals surface area contributed by atoms with Gasteiger partial charge in [0, 0.05) is 51.4 Å². The van der Waals surface area contributed by atoms with Gasteiger partial charge in [0.15, 0.2) is 14.4 Å². The fourth-order valence-electron chi connectivity index (χ4n) is 9.82. The number of hydrogen-bond donors (Lipinski definition) is 2. The van der Waals surface area contributed by atoms with Crippen LogP contribution in [0.15, 0.2) is 103 Å². The average molecular weight is 1040 g/mol. The van der Waals surface area contributed by atoms with Crippen LogP contribution in [0.4, 0.5) is 0 Å². The Kier molecular flexibility index (Phi) is 22.3. The normalized spacial score (nSPS) is 26.2. The van der Waals surface area contributed by atoms with Crippen LogP contribution in [0, 0.1) is 5.41 Å². The third-order valence-corrected chi connectivity index (χ3v) is 19.2. The van der Waals surface area contributed by atoms with Crippen LogP contribution in [0.25, 0.3) is 0 Å². The predicted molar refractivity (Wildman–Crippen MR) is 283 cm³/mol. The van der Waals surface area contributed by atoms with Gasteiger partial charge < -0.3 is 57.3 Å². The first-order valence-corrected chi connectivity index (χ1v) is 28.8. The number of ether oxygens (including phenoxy) is 9.